The van der Waals surface area contributed by atoms with Crippen LogP contribution in [0.1, 0.15) is 12.5 Å². The smallest absolute Gasteiger partial charge is 0.243 e. The highest BCUT2D eigenvalue weighted by Gasteiger charge is 2.26. The quantitative estimate of drug-likeness (QED) is 0.794. The fraction of sp³-hybridized carbons (Fsp3) is 0.316. The Morgan fingerprint density at radius 3 is 2.54 bits per heavy atom. The number of amides is 1. The standard InChI is InChI=1S/C19H21FN2O5S/c1-3-22(28(24,25)15-6-4-13(2)16(20)11-15)12-19(23)21-14-5-7-17-18(10-14)27-9-8-26-17/h4-7,10-11H,3,8-9,12H2,1-2H3,(H,21,23). The molecule has 2 aromatic rings. The van der Waals surface area contributed by atoms with Gasteiger partial charge in [0.15, 0.2) is 11.5 Å². The summed E-state index contributed by atoms with van der Waals surface area (Å²) >= 11 is 0. The van der Waals surface area contributed by atoms with Crippen LogP contribution in [0.5, 0.6) is 11.5 Å². The van der Waals surface area contributed by atoms with Gasteiger partial charge in [-0.25, -0.2) is 12.8 Å². The van der Waals surface area contributed by atoms with Gasteiger partial charge in [0.05, 0.1) is 11.4 Å². The minimum Gasteiger partial charge on any atom is -0.486 e. The number of halogens is 1. The molecule has 150 valence electrons. The van der Waals surface area contributed by atoms with Crippen LogP contribution in [0.4, 0.5) is 10.1 Å². The monoisotopic (exact) mass is 408 g/mol. The summed E-state index contributed by atoms with van der Waals surface area (Å²) in [4.78, 5) is 12.2. The van der Waals surface area contributed by atoms with E-state index in [9.17, 15) is 17.6 Å². The lowest BCUT2D eigenvalue weighted by atomic mass is 10.2. The van der Waals surface area contributed by atoms with Crippen LogP contribution in [0.2, 0.25) is 0 Å². The van der Waals surface area contributed by atoms with Crippen LogP contribution >= 0.6 is 0 Å². The number of aryl methyl sites for hydroxylation is 1. The molecule has 0 saturated carbocycles. The van der Waals surface area contributed by atoms with Gasteiger partial charge >= 0.3 is 0 Å². The second-order valence-corrected chi connectivity index (χ2v) is 8.19. The SMILES string of the molecule is CCN(CC(=O)Nc1ccc2c(c1)OCCO2)S(=O)(=O)c1ccc(C)c(F)c1. The van der Waals surface area contributed by atoms with Gasteiger partial charge in [0.2, 0.25) is 15.9 Å². The van der Waals surface area contributed by atoms with Crippen LogP contribution in [-0.2, 0) is 14.8 Å². The van der Waals surface area contributed by atoms with Gasteiger partial charge in [0, 0.05) is 18.3 Å². The highest BCUT2D eigenvalue weighted by Crippen LogP contribution is 2.32. The number of fused-ring (bicyclic) bond motifs is 1. The lowest BCUT2D eigenvalue weighted by Crippen LogP contribution is -2.37. The molecule has 9 heteroatoms. The molecule has 0 unspecified atom stereocenters. The second-order valence-electron chi connectivity index (χ2n) is 6.25. The van der Waals surface area contributed by atoms with Crippen molar-refractivity contribution in [3.8, 4) is 11.5 Å². The highest BCUT2D eigenvalue weighted by atomic mass is 32.2. The Labute approximate surface area is 163 Å². The van der Waals surface area contributed by atoms with E-state index in [2.05, 4.69) is 5.32 Å². The third kappa shape index (κ3) is 4.26. The van der Waals surface area contributed by atoms with Crippen molar-refractivity contribution in [3.05, 3.63) is 47.8 Å². The average molecular weight is 408 g/mol. The zero-order chi connectivity index (χ0) is 20.3. The van der Waals surface area contributed by atoms with E-state index in [0.29, 0.717) is 36.0 Å². The number of benzene rings is 2. The van der Waals surface area contributed by atoms with Crippen molar-refractivity contribution in [2.45, 2.75) is 18.7 Å². The number of nitrogens with one attached hydrogen (secondary N) is 1. The number of nitrogens with zero attached hydrogens (tertiary/aromatic N) is 1. The van der Waals surface area contributed by atoms with E-state index < -0.39 is 28.3 Å². The topological polar surface area (TPSA) is 84.9 Å². The van der Waals surface area contributed by atoms with E-state index in [1.54, 1.807) is 32.0 Å². The molecule has 1 aliphatic heterocycles. The number of anilines is 1. The van der Waals surface area contributed by atoms with E-state index in [1.165, 1.54) is 12.1 Å². The van der Waals surface area contributed by atoms with Crippen LogP contribution < -0.4 is 14.8 Å². The van der Waals surface area contributed by atoms with Gasteiger partial charge in [-0.1, -0.05) is 13.0 Å². The summed E-state index contributed by atoms with van der Waals surface area (Å²) in [6.45, 7) is 3.69. The number of rotatable bonds is 6. The maximum atomic E-state index is 13.8. The van der Waals surface area contributed by atoms with Gasteiger partial charge in [-0.05, 0) is 36.8 Å². The van der Waals surface area contributed by atoms with Gasteiger partial charge in [-0.15, -0.1) is 0 Å². The first-order valence-corrected chi connectivity index (χ1v) is 10.2. The average Bonchev–Trinajstić information content (AvgIpc) is 2.67. The van der Waals surface area contributed by atoms with E-state index in [4.69, 9.17) is 9.47 Å². The molecule has 28 heavy (non-hydrogen) atoms. The van der Waals surface area contributed by atoms with Crippen molar-refractivity contribution in [1.29, 1.82) is 0 Å². The number of sulfonamides is 1. The maximum Gasteiger partial charge on any atom is 0.243 e. The van der Waals surface area contributed by atoms with Gasteiger partial charge in [-0.3, -0.25) is 4.79 Å². The molecule has 0 aliphatic carbocycles. The summed E-state index contributed by atoms with van der Waals surface area (Å²) in [5.74, 6) is -0.0323. The molecular formula is C19H21FN2O5S. The van der Waals surface area contributed by atoms with E-state index in [1.807, 2.05) is 0 Å². The minimum absolute atomic E-state index is 0.0619. The molecule has 7 nitrogen and oxygen atoms in total. The summed E-state index contributed by atoms with van der Waals surface area (Å²) in [5.41, 5.74) is 0.808. The van der Waals surface area contributed by atoms with Crippen molar-refractivity contribution >= 4 is 21.6 Å². The molecule has 1 aliphatic rings. The Bertz CT molecular complexity index is 994. The maximum absolute atomic E-state index is 13.8. The van der Waals surface area contributed by atoms with Crippen molar-refractivity contribution in [2.75, 3.05) is 31.6 Å². The van der Waals surface area contributed by atoms with Gasteiger partial charge in [-0.2, -0.15) is 4.31 Å². The first-order chi connectivity index (χ1) is 13.3. The Morgan fingerprint density at radius 2 is 1.86 bits per heavy atom. The third-order valence-electron chi connectivity index (χ3n) is 4.28. The highest BCUT2D eigenvalue weighted by molar-refractivity contribution is 7.89. The first kappa shape index (κ1) is 20.1. The number of hydrogen-bond acceptors (Lipinski definition) is 5. The van der Waals surface area contributed by atoms with Gasteiger partial charge in [0.1, 0.15) is 19.0 Å². The number of carbonyl (C=O) groups is 1. The zero-order valence-electron chi connectivity index (χ0n) is 15.6. The summed E-state index contributed by atoms with van der Waals surface area (Å²) in [7, 11) is -4.00. The Morgan fingerprint density at radius 1 is 1.14 bits per heavy atom. The second kappa shape index (κ2) is 8.15. The number of likely N-dealkylation sites (N-methyl/N-ethyl adjacent to an activating group) is 1. The molecule has 2 aromatic carbocycles. The molecule has 1 N–H and O–H groups in total. The van der Waals surface area contributed by atoms with Crippen molar-refractivity contribution in [1.82, 2.24) is 4.31 Å². The largest absolute Gasteiger partial charge is 0.486 e. The first-order valence-electron chi connectivity index (χ1n) is 8.77. The molecule has 0 radical (unpaired) electrons. The molecule has 0 aromatic heterocycles. The zero-order valence-corrected chi connectivity index (χ0v) is 16.4. The normalized spacial score (nSPS) is 13.4. The lowest BCUT2D eigenvalue weighted by molar-refractivity contribution is -0.116. The summed E-state index contributed by atoms with van der Waals surface area (Å²) in [6, 6.07) is 8.62. The third-order valence-corrected chi connectivity index (χ3v) is 6.20. The predicted molar refractivity (Wildman–Crippen MR) is 102 cm³/mol. The van der Waals surface area contributed by atoms with Gasteiger partial charge < -0.3 is 14.8 Å². The van der Waals surface area contributed by atoms with Crippen molar-refractivity contribution < 1.29 is 27.1 Å². The van der Waals surface area contributed by atoms with Crippen LogP contribution in [-0.4, -0.2) is 44.9 Å². The molecule has 1 heterocycles. The lowest BCUT2D eigenvalue weighted by Gasteiger charge is -2.21. The number of carbonyl (C=O) groups excluding carboxylic acids is 1. The Kier molecular flexibility index (Phi) is 5.85. The Balaban J connectivity index is 1.73. The number of ether oxygens (including phenoxy) is 2. The summed E-state index contributed by atoms with van der Waals surface area (Å²) < 4.78 is 51.2. The predicted octanol–water partition coefficient (Wildman–Crippen LogP) is 2.55. The molecule has 3 rings (SSSR count). The van der Waals surface area contributed by atoms with E-state index in [-0.39, 0.29) is 11.4 Å². The minimum atomic E-state index is -4.00. The van der Waals surface area contributed by atoms with Crippen molar-refractivity contribution in [2.24, 2.45) is 0 Å². The molecule has 0 fully saturated rings. The Hall–Kier alpha value is -2.65. The molecule has 0 atom stereocenters. The van der Waals surface area contributed by atoms with Crippen LogP contribution in [0.25, 0.3) is 0 Å². The fourth-order valence-corrected chi connectivity index (χ4v) is 4.15. The molecule has 1 amide bonds. The molecular weight excluding hydrogens is 387 g/mol. The van der Waals surface area contributed by atoms with Crippen LogP contribution in [0.3, 0.4) is 0 Å². The molecule has 0 bridgehead atoms. The fourth-order valence-electron chi connectivity index (χ4n) is 2.73. The molecule has 0 saturated heterocycles. The van der Waals surface area contributed by atoms with E-state index >= 15 is 0 Å². The summed E-state index contributed by atoms with van der Waals surface area (Å²) in [6.07, 6.45) is 0. The van der Waals surface area contributed by atoms with Crippen molar-refractivity contribution in [3.63, 3.8) is 0 Å². The van der Waals surface area contributed by atoms with Crippen LogP contribution in [0.15, 0.2) is 41.3 Å². The van der Waals surface area contributed by atoms with E-state index in [0.717, 1.165) is 10.4 Å². The summed E-state index contributed by atoms with van der Waals surface area (Å²) in [5, 5.41) is 2.65. The van der Waals surface area contributed by atoms with Gasteiger partial charge in [0.25, 0.3) is 0 Å². The van der Waals surface area contributed by atoms with Crippen LogP contribution in [0, 0.1) is 12.7 Å². The molecule has 0 spiro atoms. The number of hydrogen-bond donors (Lipinski definition) is 1.